The predicted octanol–water partition coefficient (Wildman–Crippen LogP) is 3.91. The molecule has 24 heavy (non-hydrogen) atoms. The Balaban J connectivity index is 1.96. The third-order valence-electron chi connectivity index (χ3n) is 4.63. The van der Waals surface area contributed by atoms with Crippen LogP contribution in [-0.4, -0.2) is 29.6 Å². The summed E-state index contributed by atoms with van der Waals surface area (Å²) in [6, 6.07) is 8.43. The molecule has 1 aromatic carbocycles. The average molecular weight is 325 g/mol. The van der Waals surface area contributed by atoms with Gasteiger partial charge < -0.3 is 15.5 Å². The van der Waals surface area contributed by atoms with Gasteiger partial charge in [0.15, 0.2) is 11.6 Å². The Morgan fingerprint density at radius 3 is 2.54 bits per heavy atom. The second kappa shape index (κ2) is 7.51. The number of benzene rings is 1. The molecule has 0 atom stereocenters. The van der Waals surface area contributed by atoms with Crippen molar-refractivity contribution in [1.29, 1.82) is 0 Å². The van der Waals surface area contributed by atoms with Crippen molar-refractivity contribution in [1.82, 2.24) is 9.97 Å². The van der Waals surface area contributed by atoms with E-state index >= 15 is 0 Å². The summed E-state index contributed by atoms with van der Waals surface area (Å²) in [7, 11) is 0. The molecule has 0 aliphatic carbocycles. The van der Waals surface area contributed by atoms with Crippen molar-refractivity contribution in [3.05, 3.63) is 36.2 Å². The van der Waals surface area contributed by atoms with Crippen LogP contribution in [0.5, 0.6) is 0 Å². The van der Waals surface area contributed by atoms with Crippen LogP contribution >= 0.6 is 0 Å². The molecule has 1 aliphatic heterocycles. The number of anilines is 4. The molecule has 2 N–H and O–H groups in total. The maximum atomic E-state index is 6.51. The molecule has 1 saturated heterocycles. The van der Waals surface area contributed by atoms with Crippen LogP contribution in [0.2, 0.25) is 0 Å². The first kappa shape index (κ1) is 16.6. The molecule has 0 bridgehead atoms. The van der Waals surface area contributed by atoms with Gasteiger partial charge in [-0.2, -0.15) is 0 Å². The van der Waals surface area contributed by atoms with Crippen LogP contribution < -0.4 is 15.5 Å². The highest BCUT2D eigenvalue weighted by molar-refractivity contribution is 5.79. The summed E-state index contributed by atoms with van der Waals surface area (Å²) in [5.41, 5.74) is 9.54. The van der Waals surface area contributed by atoms with Gasteiger partial charge in [0.1, 0.15) is 12.0 Å². The highest BCUT2D eigenvalue weighted by atomic mass is 15.3. The first-order chi connectivity index (χ1) is 11.7. The standard InChI is InChI=1S/C19H27N5/c1-3-24(16-10-8-9-15(2)13-16)19-17(20)18(21-14-22-19)23-11-6-4-5-7-12-23/h8-10,13-14H,3-7,11-12,20H2,1-2H3. The summed E-state index contributed by atoms with van der Waals surface area (Å²) >= 11 is 0. The molecule has 3 rings (SSSR count). The second-order valence-corrected chi connectivity index (χ2v) is 6.42. The number of aryl methyl sites for hydroxylation is 1. The van der Waals surface area contributed by atoms with Gasteiger partial charge in [0.05, 0.1) is 0 Å². The molecule has 2 aromatic rings. The molecule has 0 saturated carbocycles. The number of hydrogen-bond donors (Lipinski definition) is 1. The molecule has 0 spiro atoms. The molecule has 0 unspecified atom stereocenters. The molecule has 128 valence electrons. The average Bonchev–Trinajstić information content (AvgIpc) is 2.86. The van der Waals surface area contributed by atoms with Crippen LogP contribution in [0, 0.1) is 6.92 Å². The number of rotatable bonds is 4. The number of nitrogens with zero attached hydrogens (tertiary/aromatic N) is 4. The van der Waals surface area contributed by atoms with Gasteiger partial charge in [-0.05, 0) is 44.4 Å². The Morgan fingerprint density at radius 2 is 1.88 bits per heavy atom. The fraction of sp³-hybridized carbons (Fsp3) is 0.474. The van der Waals surface area contributed by atoms with Crippen LogP contribution in [0.25, 0.3) is 0 Å². The van der Waals surface area contributed by atoms with Gasteiger partial charge in [-0.15, -0.1) is 0 Å². The molecule has 5 heteroatoms. The molecule has 0 amide bonds. The lowest BCUT2D eigenvalue weighted by Gasteiger charge is -2.28. The first-order valence-electron chi connectivity index (χ1n) is 8.90. The van der Waals surface area contributed by atoms with E-state index in [1.54, 1.807) is 6.33 Å². The summed E-state index contributed by atoms with van der Waals surface area (Å²) in [5.74, 6) is 1.69. The highest BCUT2D eigenvalue weighted by Gasteiger charge is 2.20. The summed E-state index contributed by atoms with van der Waals surface area (Å²) in [6.07, 6.45) is 6.63. The fourth-order valence-corrected chi connectivity index (χ4v) is 3.38. The van der Waals surface area contributed by atoms with E-state index in [-0.39, 0.29) is 0 Å². The van der Waals surface area contributed by atoms with Gasteiger partial charge in [0.25, 0.3) is 0 Å². The van der Waals surface area contributed by atoms with Crippen molar-refractivity contribution in [3.63, 3.8) is 0 Å². The van der Waals surface area contributed by atoms with E-state index in [2.05, 4.69) is 57.9 Å². The smallest absolute Gasteiger partial charge is 0.161 e. The van der Waals surface area contributed by atoms with Gasteiger partial charge in [0, 0.05) is 25.3 Å². The van der Waals surface area contributed by atoms with Crippen molar-refractivity contribution >= 4 is 23.0 Å². The van der Waals surface area contributed by atoms with Crippen LogP contribution in [0.15, 0.2) is 30.6 Å². The maximum absolute atomic E-state index is 6.51. The van der Waals surface area contributed by atoms with E-state index < -0.39 is 0 Å². The quantitative estimate of drug-likeness (QED) is 0.923. The van der Waals surface area contributed by atoms with Gasteiger partial charge in [-0.1, -0.05) is 25.0 Å². The van der Waals surface area contributed by atoms with Crippen LogP contribution in [0.3, 0.4) is 0 Å². The SMILES string of the molecule is CCN(c1cccc(C)c1)c1ncnc(N2CCCCCC2)c1N. The van der Waals surface area contributed by atoms with E-state index in [0.29, 0.717) is 5.69 Å². The van der Waals surface area contributed by atoms with E-state index in [9.17, 15) is 0 Å². The summed E-state index contributed by atoms with van der Waals surface area (Å²) in [6.45, 7) is 7.08. The van der Waals surface area contributed by atoms with E-state index in [0.717, 1.165) is 37.0 Å². The van der Waals surface area contributed by atoms with Crippen LogP contribution in [-0.2, 0) is 0 Å². The minimum Gasteiger partial charge on any atom is -0.393 e. The van der Waals surface area contributed by atoms with Crippen LogP contribution in [0.4, 0.5) is 23.0 Å². The first-order valence-corrected chi connectivity index (χ1v) is 8.90. The molecule has 5 nitrogen and oxygen atoms in total. The van der Waals surface area contributed by atoms with Crippen molar-refractivity contribution < 1.29 is 0 Å². The molecular weight excluding hydrogens is 298 g/mol. The largest absolute Gasteiger partial charge is 0.393 e. The zero-order valence-electron chi connectivity index (χ0n) is 14.7. The van der Waals surface area contributed by atoms with Crippen molar-refractivity contribution in [2.75, 3.05) is 35.2 Å². The highest BCUT2D eigenvalue weighted by Crippen LogP contribution is 2.34. The Bertz CT molecular complexity index is 677. The van der Waals surface area contributed by atoms with E-state index in [4.69, 9.17) is 5.73 Å². The lowest BCUT2D eigenvalue weighted by atomic mass is 10.2. The Kier molecular flexibility index (Phi) is 5.18. The third-order valence-corrected chi connectivity index (χ3v) is 4.63. The second-order valence-electron chi connectivity index (χ2n) is 6.42. The van der Waals surface area contributed by atoms with Gasteiger partial charge in [-0.25, -0.2) is 9.97 Å². The van der Waals surface area contributed by atoms with E-state index in [1.165, 1.54) is 31.2 Å². The van der Waals surface area contributed by atoms with Gasteiger partial charge >= 0.3 is 0 Å². The van der Waals surface area contributed by atoms with Crippen molar-refractivity contribution in [2.45, 2.75) is 39.5 Å². The molecule has 0 radical (unpaired) electrons. The zero-order valence-corrected chi connectivity index (χ0v) is 14.7. The summed E-state index contributed by atoms with van der Waals surface area (Å²) in [4.78, 5) is 13.5. The zero-order chi connectivity index (χ0) is 16.9. The van der Waals surface area contributed by atoms with E-state index in [1.807, 2.05) is 0 Å². The van der Waals surface area contributed by atoms with Crippen LogP contribution in [0.1, 0.15) is 38.2 Å². The minimum atomic E-state index is 0.683. The van der Waals surface area contributed by atoms with Crippen molar-refractivity contribution in [3.8, 4) is 0 Å². The Labute approximate surface area is 144 Å². The number of hydrogen-bond acceptors (Lipinski definition) is 5. The third kappa shape index (κ3) is 3.45. The summed E-state index contributed by atoms with van der Waals surface area (Å²) < 4.78 is 0. The monoisotopic (exact) mass is 325 g/mol. The number of nitrogens with two attached hydrogens (primary N) is 1. The number of aromatic nitrogens is 2. The predicted molar refractivity (Wildman–Crippen MR) is 101 cm³/mol. The van der Waals surface area contributed by atoms with Gasteiger partial charge in [0.2, 0.25) is 0 Å². The Hall–Kier alpha value is -2.30. The molecule has 1 aliphatic rings. The normalized spacial score (nSPS) is 15.2. The van der Waals surface area contributed by atoms with Gasteiger partial charge in [-0.3, -0.25) is 0 Å². The fourth-order valence-electron chi connectivity index (χ4n) is 3.38. The minimum absolute atomic E-state index is 0.683. The summed E-state index contributed by atoms with van der Waals surface area (Å²) in [5, 5.41) is 0. The lowest BCUT2D eigenvalue weighted by molar-refractivity contribution is 0.726. The molecule has 1 fully saturated rings. The molecule has 1 aromatic heterocycles. The maximum Gasteiger partial charge on any atom is 0.161 e. The molecular formula is C19H27N5. The molecule has 2 heterocycles. The Morgan fingerprint density at radius 1 is 1.12 bits per heavy atom. The topological polar surface area (TPSA) is 58.3 Å². The van der Waals surface area contributed by atoms with Crippen molar-refractivity contribution in [2.24, 2.45) is 0 Å². The lowest BCUT2D eigenvalue weighted by Crippen LogP contribution is -2.27. The number of nitrogen functional groups attached to an aromatic ring is 1.